The summed E-state index contributed by atoms with van der Waals surface area (Å²) in [5.74, 6) is 0.783. The monoisotopic (exact) mass is 316 g/mol. The molecule has 1 aromatic carbocycles. The predicted octanol–water partition coefficient (Wildman–Crippen LogP) is 2.09. The number of nitrogens with one attached hydrogen (secondary N) is 1. The molecule has 0 fully saturated rings. The first-order chi connectivity index (χ1) is 9.34. The third-order valence-corrected chi connectivity index (χ3v) is 6.25. The quantitative estimate of drug-likeness (QED) is 0.837. The maximum atomic E-state index is 12.7. The van der Waals surface area contributed by atoms with Gasteiger partial charge in [0.05, 0.1) is 4.90 Å². The minimum Gasteiger partial charge on any atom is -0.316 e. The molecular formula is C14H24N2O2S2. The SMILES string of the molecule is CNCc1ccc(C)c(S(=O)(=O)N(C)C(C)CSC)c1. The molecule has 6 heteroatoms. The van der Waals surface area contributed by atoms with Crippen LogP contribution in [0.4, 0.5) is 0 Å². The van der Waals surface area contributed by atoms with Gasteiger partial charge in [-0.3, -0.25) is 0 Å². The molecule has 0 aliphatic rings. The van der Waals surface area contributed by atoms with Gasteiger partial charge in [-0.15, -0.1) is 0 Å². The summed E-state index contributed by atoms with van der Waals surface area (Å²) in [6.45, 7) is 4.43. The van der Waals surface area contributed by atoms with Gasteiger partial charge in [0.25, 0.3) is 0 Å². The summed E-state index contributed by atoms with van der Waals surface area (Å²) < 4.78 is 26.9. The zero-order valence-corrected chi connectivity index (χ0v) is 14.4. The third-order valence-electron chi connectivity index (χ3n) is 3.32. The highest BCUT2D eigenvalue weighted by molar-refractivity contribution is 7.98. The van der Waals surface area contributed by atoms with Crippen molar-refractivity contribution in [2.45, 2.75) is 31.3 Å². The molecule has 0 aliphatic carbocycles. The van der Waals surface area contributed by atoms with Crippen LogP contribution in [0.1, 0.15) is 18.1 Å². The van der Waals surface area contributed by atoms with Gasteiger partial charge in [-0.25, -0.2) is 8.42 Å². The number of sulfonamides is 1. The molecule has 1 aromatic rings. The highest BCUT2D eigenvalue weighted by Crippen LogP contribution is 2.22. The molecule has 0 aliphatic heterocycles. The number of thioether (sulfide) groups is 1. The van der Waals surface area contributed by atoms with Gasteiger partial charge >= 0.3 is 0 Å². The maximum Gasteiger partial charge on any atom is 0.243 e. The van der Waals surface area contributed by atoms with Gasteiger partial charge in [0.1, 0.15) is 0 Å². The lowest BCUT2D eigenvalue weighted by molar-refractivity contribution is 0.414. The van der Waals surface area contributed by atoms with Gasteiger partial charge in [0, 0.05) is 25.4 Å². The van der Waals surface area contributed by atoms with E-state index in [-0.39, 0.29) is 6.04 Å². The number of benzene rings is 1. The number of aryl methyl sites for hydroxylation is 1. The van der Waals surface area contributed by atoms with Gasteiger partial charge in [0.2, 0.25) is 10.0 Å². The Morgan fingerprint density at radius 2 is 2.05 bits per heavy atom. The Balaban J connectivity index is 3.17. The fraction of sp³-hybridized carbons (Fsp3) is 0.571. The Kier molecular flexibility index (Phi) is 6.51. The minimum atomic E-state index is -3.44. The van der Waals surface area contributed by atoms with E-state index >= 15 is 0 Å². The molecule has 1 rings (SSSR count). The Morgan fingerprint density at radius 3 is 2.60 bits per heavy atom. The second kappa shape index (κ2) is 7.45. The average Bonchev–Trinajstić information content (AvgIpc) is 2.40. The summed E-state index contributed by atoms with van der Waals surface area (Å²) in [6, 6.07) is 5.56. The van der Waals surface area contributed by atoms with E-state index in [4.69, 9.17) is 0 Å². The van der Waals surface area contributed by atoms with E-state index in [2.05, 4.69) is 5.32 Å². The summed E-state index contributed by atoms with van der Waals surface area (Å²) in [6.07, 6.45) is 1.98. The molecule has 0 spiro atoms. The van der Waals surface area contributed by atoms with Crippen molar-refractivity contribution in [1.29, 1.82) is 0 Å². The molecule has 0 amide bonds. The number of hydrogen-bond acceptors (Lipinski definition) is 4. The lowest BCUT2D eigenvalue weighted by Crippen LogP contribution is -2.37. The van der Waals surface area contributed by atoms with Crippen LogP contribution < -0.4 is 5.32 Å². The van der Waals surface area contributed by atoms with Crippen molar-refractivity contribution in [2.75, 3.05) is 26.1 Å². The van der Waals surface area contributed by atoms with Crippen molar-refractivity contribution in [3.05, 3.63) is 29.3 Å². The first kappa shape index (κ1) is 17.5. The van der Waals surface area contributed by atoms with E-state index in [0.717, 1.165) is 16.9 Å². The number of hydrogen-bond donors (Lipinski definition) is 1. The van der Waals surface area contributed by atoms with E-state index in [1.165, 1.54) is 4.31 Å². The highest BCUT2D eigenvalue weighted by atomic mass is 32.2. The lowest BCUT2D eigenvalue weighted by atomic mass is 10.1. The van der Waals surface area contributed by atoms with Crippen LogP contribution in [0.25, 0.3) is 0 Å². The minimum absolute atomic E-state index is 0.0256. The van der Waals surface area contributed by atoms with Gasteiger partial charge in [-0.1, -0.05) is 12.1 Å². The van der Waals surface area contributed by atoms with Crippen LogP contribution in [0.3, 0.4) is 0 Å². The molecular weight excluding hydrogens is 292 g/mol. The van der Waals surface area contributed by atoms with Crippen LogP contribution in [0.5, 0.6) is 0 Å². The summed E-state index contributed by atoms with van der Waals surface area (Å²) in [7, 11) is 0.0614. The zero-order valence-electron chi connectivity index (χ0n) is 12.8. The van der Waals surface area contributed by atoms with Gasteiger partial charge in [0.15, 0.2) is 0 Å². The molecule has 0 radical (unpaired) electrons. The van der Waals surface area contributed by atoms with E-state index < -0.39 is 10.0 Å². The molecule has 1 atom stereocenters. The normalized spacial score (nSPS) is 13.7. The smallest absolute Gasteiger partial charge is 0.243 e. The molecule has 1 N–H and O–H groups in total. The first-order valence-corrected chi connectivity index (χ1v) is 9.39. The zero-order chi connectivity index (χ0) is 15.3. The topological polar surface area (TPSA) is 49.4 Å². The van der Waals surface area contributed by atoms with Crippen molar-refractivity contribution in [2.24, 2.45) is 0 Å². The van der Waals surface area contributed by atoms with E-state index in [1.807, 2.05) is 39.3 Å². The lowest BCUT2D eigenvalue weighted by Gasteiger charge is -2.24. The standard InChI is InChI=1S/C14H24N2O2S2/c1-11-6-7-13(9-15-3)8-14(11)20(17,18)16(4)12(2)10-19-5/h6-8,12,15H,9-10H2,1-5H3. The second-order valence-electron chi connectivity index (χ2n) is 4.96. The van der Waals surface area contributed by atoms with Gasteiger partial charge in [-0.05, 0) is 44.3 Å². The van der Waals surface area contributed by atoms with Crippen LogP contribution in [-0.2, 0) is 16.6 Å². The second-order valence-corrected chi connectivity index (χ2v) is 7.83. The third kappa shape index (κ3) is 3.97. The molecule has 0 heterocycles. The van der Waals surface area contributed by atoms with Crippen molar-refractivity contribution in [1.82, 2.24) is 9.62 Å². The van der Waals surface area contributed by atoms with Crippen molar-refractivity contribution in [3.63, 3.8) is 0 Å². The number of rotatable bonds is 7. The largest absolute Gasteiger partial charge is 0.316 e. The van der Waals surface area contributed by atoms with Crippen LogP contribution >= 0.6 is 11.8 Å². The molecule has 0 saturated carbocycles. The highest BCUT2D eigenvalue weighted by Gasteiger charge is 2.26. The average molecular weight is 316 g/mol. The van der Waals surface area contributed by atoms with Crippen LogP contribution in [0.15, 0.2) is 23.1 Å². The van der Waals surface area contributed by atoms with E-state index in [1.54, 1.807) is 24.9 Å². The Morgan fingerprint density at radius 1 is 1.40 bits per heavy atom. The predicted molar refractivity (Wildman–Crippen MR) is 86.7 cm³/mol. The molecule has 114 valence electrons. The summed E-state index contributed by atoms with van der Waals surface area (Å²) >= 11 is 1.65. The molecule has 4 nitrogen and oxygen atoms in total. The van der Waals surface area contributed by atoms with Gasteiger partial charge < -0.3 is 5.32 Å². The van der Waals surface area contributed by atoms with Crippen LogP contribution in [0, 0.1) is 6.92 Å². The Hall–Kier alpha value is -0.560. The summed E-state index contributed by atoms with van der Waals surface area (Å²) in [5, 5.41) is 3.04. The van der Waals surface area contributed by atoms with E-state index in [9.17, 15) is 8.42 Å². The van der Waals surface area contributed by atoms with Crippen LogP contribution in [0.2, 0.25) is 0 Å². The molecule has 20 heavy (non-hydrogen) atoms. The summed E-state index contributed by atoms with van der Waals surface area (Å²) in [4.78, 5) is 0.403. The Bertz CT molecular complexity index is 544. The molecule has 0 saturated heterocycles. The maximum absolute atomic E-state index is 12.7. The molecule has 1 unspecified atom stereocenters. The fourth-order valence-corrected chi connectivity index (χ4v) is 4.41. The van der Waals surface area contributed by atoms with Gasteiger partial charge in [-0.2, -0.15) is 16.1 Å². The molecule has 0 bridgehead atoms. The Labute approximate surface area is 127 Å². The fourth-order valence-electron chi connectivity index (χ4n) is 1.97. The number of nitrogens with zero attached hydrogens (tertiary/aromatic N) is 1. The first-order valence-electron chi connectivity index (χ1n) is 6.55. The van der Waals surface area contributed by atoms with Crippen molar-refractivity contribution < 1.29 is 8.42 Å². The summed E-state index contributed by atoms with van der Waals surface area (Å²) in [5.41, 5.74) is 1.76. The van der Waals surface area contributed by atoms with Crippen molar-refractivity contribution >= 4 is 21.8 Å². The van der Waals surface area contributed by atoms with Crippen LogP contribution in [-0.4, -0.2) is 44.9 Å². The van der Waals surface area contributed by atoms with E-state index in [0.29, 0.717) is 11.4 Å². The molecule has 0 aromatic heterocycles. The van der Waals surface area contributed by atoms with Crippen molar-refractivity contribution in [3.8, 4) is 0 Å².